The van der Waals surface area contributed by atoms with Crippen LogP contribution in [0.1, 0.15) is 11.1 Å². The van der Waals surface area contributed by atoms with Gasteiger partial charge in [-0.1, -0.05) is 54.2 Å². The summed E-state index contributed by atoms with van der Waals surface area (Å²) in [5.41, 5.74) is 2.47. The second-order valence-electron chi connectivity index (χ2n) is 5.05. The van der Waals surface area contributed by atoms with Crippen molar-refractivity contribution in [2.24, 2.45) is 0 Å². The maximum atomic E-state index is 5.17. The molecule has 3 aromatic rings. The first-order chi connectivity index (χ1) is 11.3. The number of ether oxygens (including phenoxy) is 1. The van der Waals surface area contributed by atoms with Crippen LogP contribution in [0.2, 0.25) is 0 Å². The fourth-order valence-corrected chi connectivity index (χ4v) is 3.07. The highest BCUT2D eigenvalue weighted by Gasteiger charge is 2.07. The van der Waals surface area contributed by atoms with Crippen LogP contribution in [-0.4, -0.2) is 33.1 Å². The molecule has 0 N–H and O–H groups in total. The summed E-state index contributed by atoms with van der Waals surface area (Å²) in [7, 11) is 1.66. The van der Waals surface area contributed by atoms with Crippen molar-refractivity contribution in [3.05, 3.63) is 65.7 Å². The minimum Gasteiger partial charge on any atom is -0.497 e. The first-order valence-electron chi connectivity index (χ1n) is 7.41. The Morgan fingerprint density at radius 1 is 1.00 bits per heavy atom. The molecule has 3 rings (SSSR count). The molecule has 1 heterocycles. The van der Waals surface area contributed by atoms with Crippen LogP contribution >= 0.6 is 11.8 Å². The Balaban J connectivity index is 1.58. The van der Waals surface area contributed by atoms with Gasteiger partial charge in [-0.2, -0.15) is 0 Å². The zero-order chi connectivity index (χ0) is 15.9. The molecule has 23 heavy (non-hydrogen) atoms. The zero-order valence-corrected chi connectivity index (χ0v) is 13.7. The third kappa shape index (κ3) is 4.32. The fraction of sp³-hybridized carbons (Fsp3) is 0.235. The number of hydrogen-bond donors (Lipinski definition) is 0. The highest BCUT2D eigenvalue weighted by molar-refractivity contribution is 7.99. The summed E-state index contributed by atoms with van der Waals surface area (Å²) < 4.78 is 7.00. The molecule has 0 aliphatic heterocycles. The van der Waals surface area contributed by atoms with Gasteiger partial charge in [-0.3, -0.25) is 0 Å². The number of rotatable bonds is 7. The van der Waals surface area contributed by atoms with Crippen LogP contribution < -0.4 is 4.74 Å². The van der Waals surface area contributed by atoms with Gasteiger partial charge < -0.3 is 4.74 Å². The molecule has 0 radical (unpaired) electrons. The highest BCUT2D eigenvalue weighted by Crippen LogP contribution is 2.18. The zero-order valence-electron chi connectivity index (χ0n) is 12.9. The average Bonchev–Trinajstić information content (AvgIpc) is 3.04. The van der Waals surface area contributed by atoms with Gasteiger partial charge in [0.15, 0.2) is 0 Å². The molecule has 0 fully saturated rings. The van der Waals surface area contributed by atoms with E-state index in [1.807, 2.05) is 35.0 Å². The molecule has 0 aliphatic carbocycles. The Labute approximate surface area is 139 Å². The van der Waals surface area contributed by atoms with Gasteiger partial charge in [0, 0.05) is 5.75 Å². The van der Waals surface area contributed by atoms with E-state index < -0.39 is 0 Å². The molecular formula is C17H18N4OS. The normalized spacial score (nSPS) is 10.7. The number of aryl methyl sites for hydroxylation is 1. The third-order valence-corrected chi connectivity index (χ3v) is 4.41. The van der Waals surface area contributed by atoms with E-state index in [-0.39, 0.29) is 0 Å². The van der Waals surface area contributed by atoms with E-state index in [1.54, 1.807) is 18.9 Å². The number of nitrogens with zero attached hydrogens (tertiary/aromatic N) is 4. The Morgan fingerprint density at radius 3 is 2.52 bits per heavy atom. The van der Waals surface area contributed by atoms with Crippen LogP contribution in [-0.2, 0) is 13.0 Å². The van der Waals surface area contributed by atoms with E-state index in [0.29, 0.717) is 6.54 Å². The number of thioether (sulfide) groups is 1. The van der Waals surface area contributed by atoms with Gasteiger partial charge in [-0.05, 0) is 40.1 Å². The van der Waals surface area contributed by atoms with Crippen molar-refractivity contribution in [2.45, 2.75) is 18.1 Å². The van der Waals surface area contributed by atoms with Gasteiger partial charge in [0.2, 0.25) is 5.16 Å². The summed E-state index contributed by atoms with van der Waals surface area (Å²) in [4.78, 5) is 0. The van der Waals surface area contributed by atoms with Crippen molar-refractivity contribution in [1.82, 2.24) is 20.2 Å². The van der Waals surface area contributed by atoms with E-state index in [0.717, 1.165) is 28.6 Å². The third-order valence-electron chi connectivity index (χ3n) is 3.46. The van der Waals surface area contributed by atoms with E-state index in [2.05, 4.69) is 39.8 Å². The number of hydrogen-bond acceptors (Lipinski definition) is 5. The summed E-state index contributed by atoms with van der Waals surface area (Å²) in [6.45, 7) is 0.657. The van der Waals surface area contributed by atoms with E-state index in [1.165, 1.54) is 5.56 Å². The van der Waals surface area contributed by atoms with Crippen molar-refractivity contribution >= 4 is 11.8 Å². The quantitative estimate of drug-likeness (QED) is 0.625. The number of benzene rings is 2. The summed E-state index contributed by atoms with van der Waals surface area (Å²) >= 11 is 1.68. The standard InChI is InChI=1S/C17H18N4OS/c1-22-16-9-7-15(8-10-16)13-21-17(18-19-20-21)23-12-11-14-5-3-2-4-6-14/h2-10H,11-13H2,1H3. The summed E-state index contributed by atoms with van der Waals surface area (Å²) in [5, 5.41) is 12.8. The van der Waals surface area contributed by atoms with Gasteiger partial charge in [-0.15, -0.1) is 5.10 Å². The molecule has 0 bridgehead atoms. The van der Waals surface area contributed by atoms with E-state index >= 15 is 0 Å². The van der Waals surface area contributed by atoms with Crippen molar-refractivity contribution in [2.75, 3.05) is 12.9 Å². The second-order valence-corrected chi connectivity index (χ2v) is 6.11. The van der Waals surface area contributed by atoms with Gasteiger partial charge in [0.25, 0.3) is 0 Å². The van der Waals surface area contributed by atoms with E-state index in [9.17, 15) is 0 Å². The number of aromatic nitrogens is 4. The molecule has 5 nitrogen and oxygen atoms in total. The minimum atomic E-state index is 0.657. The second kappa shape index (κ2) is 7.78. The topological polar surface area (TPSA) is 52.8 Å². The molecule has 0 unspecified atom stereocenters. The van der Waals surface area contributed by atoms with Crippen LogP contribution in [0.3, 0.4) is 0 Å². The Hall–Kier alpha value is -2.34. The average molecular weight is 326 g/mol. The van der Waals surface area contributed by atoms with Crippen molar-refractivity contribution in [3.8, 4) is 5.75 Å². The van der Waals surface area contributed by atoms with Crippen molar-refractivity contribution in [3.63, 3.8) is 0 Å². The highest BCUT2D eigenvalue weighted by atomic mass is 32.2. The predicted molar refractivity (Wildman–Crippen MR) is 90.8 cm³/mol. The van der Waals surface area contributed by atoms with Crippen LogP contribution in [0.4, 0.5) is 0 Å². The smallest absolute Gasteiger partial charge is 0.209 e. The summed E-state index contributed by atoms with van der Waals surface area (Å²) in [6.07, 6.45) is 1.00. The Morgan fingerprint density at radius 2 is 1.78 bits per heavy atom. The van der Waals surface area contributed by atoms with Crippen LogP contribution in [0.25, 0.3) is 0 Å². The summed E-state index contributed by atoms with van der Waals surface area (Å²) in [5.74, 6) is 1.80. The Bertz CT molecular complexity index is 728. The van der Waals surface area contributed by atoms with Crippen LogP contribution in [0.5, 0.6) is 5.75 Å². The molecule has 0 saturated carbocycles. The van der Waals surface area contributed by atoms with Gasteiger partial charge in [-0.25, -0.2) is 4.68 Å². The molecule has 118 valence electrons. The predicted octanol–water partition coefficient (Wildman–Crippen LogP) is 3.06. The first-order valence-corrected chi connectivity index (χ1v) is 8.39. The molecule has 1 aromatic heterocycles. The van der Waals surface area contributed by atoms with Gasteiger partial charge in [0.1, 0.15) is 5.75 Å². The molecule has 2 aromatic carbocycles. The lowest BCUT2D eigenvalue weighted by Gasteiger charge is -2.06. The number of methoxy groups -OCH3 is 1. The minimum absolute atomic E-state index is 0.657. The Kier molecular flexibility index (Phi) is 5.26. The SMILES string of the molecule is COc1ccc(Cn2nnnc2SCCc2ccccc2)cc1. The van der Waals surface area contributed by atoms with Crippen LogP contribution in [0, 0.1) is 0 Å². The van der Waals surface area contributed by atoms with Crippen LogP contribution in [0.15, 0.2) is 59.8 Å². The fourth-order valence-electron chi connectivity index (χ4n) is 2.21. The van der Waals surface area contributed by atoms with Crippen molar-refractivity contribution < 1.29 is 4.74 Å². The lowest BCUT2D eigenvalue weighted by atomic mass is 10.2. The maximum Gasteiger partial charge on any atom is 0.209 e. The molecular weight excluding hydrogens is 308 g/mol. The molecule has 0 saturated heterocycles. The van der Waals surface area contributed by atoms with Gasteiger partial charge in [0.05, 0.1) is 13.7 Å². The lowest BCUT2D eigenvalue weighted by Crippen LogP contribution is -2.04. The first kappa shape index (κ1) is 15.6. The van der Waals surface area contributed by atoms with E-state index in [4.69, 9.17) is 4.74 Å². The maximum absolute atomic E-state index is 5.17. The molecule has 0 aliphatic rings. The number of tetrazole rings is 1. The molecule has 0 spiro atoms. The van der Waals surface area contributed by atoms with Crippen molar-refractivity contribution in [1.29, 1.82) is 0 Å². The van der Waals surface area contributed by atoms with Gasteiger partial charge >= 0.3 is 0 Å². The molecule has 6 heteroatoms. The summed E-state index contributed by atoms with van der Waals surface area (Å²) in [6, 6.07) is 18.4. The largest absolute Gasteiger partial charge is 0.497 e. The lowest BCUT2D eigenvalue weighted by molar-refractivity contribution is 0.414. The molecule has 0 atom stereocenters. The monoisotopic (exact) mass is 326 g/mol. The molecule has 0 amide bonds.